The second kappa shape index (κ2) is 5.36. The molecule has 1 fully saturated rings. The molecule has 0 heterocycles. The zero-order valence-electron chi connectivity index (χ0n) is 9.65. The number of alkyl halides is 1. The highest BCUT2D eigenvalue weighted by Crippen LogP contribution is 2.27. The minimum Gasteiger partial charge on any atom is -0.340 e. The van der Waals surface area contributed by atoms with Crippen LogP contribution in [0.5, 0.6) is 0 Å². The third kappa shape index (κ3) is 3.10. The van der Waals surface area contributed by atoms with Crippen molar-refractivity contribution in [3.63, 3.8) is 0 Å². The van der Waals surface area contributed by atoms with Gasteiger partial charge in [-0.05, 0) is 12.8 Å². The maximum absolute atomic E-state index is 11.6. The van der Waals surface area contributed by atoms with Gasteiger partial charge in [-0.2, -0.15) is 0 Å². The fourth-order valence-electron chi connectivity index (χ4n) is 2.30. The standard InChI is InChI=1S/C10H18ClNO3S/c1-12(10(13)7-11)8-5-3-4-6-9(8)16(2,14)15/h8-9H,3-7H2,1-2H3. The van der Waals surface area contributed by atoms with Crippen molar-refractivity contribution in [2.24, 2.45) is 0 Å². The van der Waals surface area contributed by atoms with Crippen molar-refractivity contribution in [3.05, 3.63) is 0 Å². The normalized spacial score (nSPS) is 26.4. The Bertz CT molecular complexity index is 355. The Kier molecular flexibility index (Phi) is 4.62. The van der Waals surface area contributed by atoms with Crippen molar-refractivity contribution in [1.29, 1.82) is 0 Å². The zero-order chi connectivity index (χ0) is 12.3. The summed E-state index contributed by atoms with van der Waals surface area (Å²) in [5.41, 5.74) is 0. The van der Waals surface area contributed by atoms with Gasteiger partial charge in [0.2, 0.25) is 5.91 Å². The predicted octanol–water partition coefficient (Wildman–Crippen LogP) is 1.04. The zero-order valence-corrected chi connectivity index (χ0v) is 11.2. The minimum absolute atomic E-state index is 0.0938. The molecule has 0 bridgehead atoms. The quantitative estimate of drug-likeness (QED) is 0.718. The van der Waals surface area contributed by atoms with Gasteiger partial charge in [-0.25, -0.2) is 8.42 Å². The molecule has 2 atom stereocenters. The van der Waals surface area contributed by atoms with E-state index < -0.39 is 15.1 Å². The van der Waals surface area contributed by atoms with Crippen LogP contribution in [0.3, 0.4) is 0 Å². The summed E-state index contributed by atoms with van der Waals surface area (Å²) in [5.74, 6) is -0.300. The summed E-state index contributed by atoms with van der Waals surface area (Å²) in [5, 5.41) is -0.432. The van der Waals surface area contributed by atoms with Gasteiger partial charge in [0.25, 0.3) is 0 Å². The highest BCUT2D eigenvalue weighted by Gasteiger charge is 2.36. The first kappa shape index (κ1) is 13.8. The fourth-order valence-corrected chi connectivity index (χ4v) is 3.97. The Balaban J connectivity index is 2.86. The van der Waals surface area contributed by atoms with Crippen molar-refractivity contribution in [2.45, 2.75) is 37.0 Å². The summed E-state index contributed by atoms with van der Waals surface area (Å²) in [6, 6.07) is -0.213. The van der Waals surface area contributed by atoms with Crippen LogP contribution in [-0.2, 0) is 14.6 Å². The lowest BCUT2D eigenvalue weighted by Crippen LogP contribution is -2.49. The van der Waals surface area contributed by atoms with Crippen LogP contribution < -0.4 is 0 Å². The summed E-state index contributed by atoms with van der Waals surface area (Å²) in [7, 11) is -1.46. The molecule has 0 spiro atoms. The molecule has 0 aromatic carbocycles. The third-order valence-electron chi connectivity index (χ3n) is 3.22. The average molecular weight is 268 g/mol. The topological polar surface area (TPSA) is 54.5 Å². The summed E-state index contributed by atoms with van der Waals surface area (Å²) in [6.07, 6.45) is 4.52. The first-order valence-electron chi connectivity index (χ1n) is 5.38. The Hall–Kier alpha value is -0.290. The van der Waals surface area contributed by atoms with E-state index >= 15 is 0 Å². The molecule has 0 radical (unpaired) electrons. The molecule has 0 aliphatic heterocycles. The van der Waals surface area contributed by atoms with E-state index in [1.807, 2.05) is 0 Å². The van der Waals surface area contributed by atoms with E-state index in [2.05, 4.69) is 0 Å². The van der Waals surface area contributed by atoms with E-state index in [9.17, 15) is 13.2 Å². The summed E-state index contributed by atoms with van der Waals surface area (Å²) < 4.78 is 23.3. The highest BCUT2D eigenvalue weighted by atomic mass is 35.5. The summed E-state index contributed by atoms with van der Waals surface area (Å²) >= 11 is 5.49. The number of rotatable bonds is 3. The molecule has 0 N–H and O–H groups in total. The molecule has 4 nitrogen and oxygen atoms in total. The molecule has 0 aromatic heterocycles. The van der Waals surface area contributed by atoms with Crippen molar-refractivity contribution < 1.29 is 13.2 Å². The third-order valence-corrected chi connectivity index (χ3v) is 5.10. The average Bonchev–Trinajstić information content (AvgIpc) is 2.26. The van der Waals surface area contributed by atoms with Gasteiger partial charge in [-0.1, -0.05) is 12.8 Å². The number of nitrogens with zero attached hydrogens (tertiary/aromatic N) is 1. The Morgan fingerprint density at radius 1 is 1.38 bits per heavy atom. The SMILES string of the molecule is CN(C(=O)CCl)C1CCCCC1S(C)(=O)=O. The molecule has 1 aliphatic rings. The van der Waals surface area contributed by atoms with Crippen molar-refractivity contribution in [1.82, 2.24) is 4.90 Å². The van der Waals surface area contributed by atoms with E-state index in [0.717, 1.165) is 19.3 Å². The molecular formula is C10H18ClNO3S. The predicted molar refractivity (Wildman–Crippen MR) is 64.4 cm³/mol. The number of amides is 1. The van der Waals surface area contributed by atoms with Gasteiger partial charge in [0.05, 0.1) is 5.25 Å². The number of carbonyl (C=O) groups is 1. The van der Waals surface area contributed by atoms with Gasteiger partial charge in [-0.15, -0.1) is 11.6 Å². The largest absolute Gasteiger partial charge is 0.340 e. The highest BCUT2D eigenvalue weighted by molar-refractivity contribution is 7.91. The molecule has 16 heavy (non-hydrogen) atoms. The number of hydrogen-bond acceptors (Lipinski definition) is 3. The molecular weight excluding hydrogens is 250 g/mol. The first-order valence-corrected chi connectivity index (χ1v) is 7.87. The summed E-state index contributed by atoms with van der Waals surface area (Å²) in [4.78, 5) is 13.0. The molecule has 1 rings (SSSR count). The van der Waals surface area contributed by atoms with E-state index in [4.69, 9.17) is 11.6 Å². The summed E-state index contributed by atoms with van der Waals surface area (Å²) in [6.45, 7) is 0. The van der Waals surface area contributed by atoms with Crippen LogP contribution in [0.4, 0.5) is 0 Å². The smallest absolute Gasteiger partial charge is 0.237 e. The molecule has 1 amide bonds. The molecule has 2 unspecified atom stereocenters. The monoisotopic (exact) mass is 267 g/mol. The van der Waals surface area contributed by atoms with Gasteiger partial charge in [0.15, 0.2) is 9.84 Å². The molecule has 6 heteroatoms. The van der Waals surface area contributed by atoms with E-state index in [1.54, 1.807) is 7.05 Å². The van der Waals surface area contributed by atoms with E-state index in [-0.39, 0.29) is 17.8 Å². The Morgan fingerprint density at radius 3 is 2.44 bits per heavy atom. The van der Waals surface area contributed by atoms with Crippen LogP contribution in [0.2, 0.25) is 0 Å². The number of carbonyl (C=O) groups excluding carboxylic acids is 1. The van der Waals surface area contributed by atoms with Gasteiger partial charge < -0.3 is 4.90 Å². The Labute approximate surface area is 102 Å². The van der Waals surface area contributed by atoms with Gasteiger partial charge in [0, 0.05) is 19.3 Å². The van der Waals surface area contributed by atoms with Crippen LogP contribution in [-0.4, -0.2) is 49.7 Å². The fraction of sp³-hybridized carbons (Fsp3) is 0.900. The van der Waals surface area contributed by atoms with Gasteiger partial charge in [-0.3, -0.25) is 4.79 Å². The van der Waals surface area contributed by atoms with Crippen molar-refractivity contribution in [2.75, 3.05) is 19.2 Å². The molecule has 0 aromatic rings. The van der Waals surface area contributed by atoms with Crippen molar-refractivity contribution in [3.8, 4) is 0 Å². The molecule has 1 aliphatic carbocycles. The lowest BCUT2D eigenvalue weighted by Gasteiger charge is -2.36. The molecule has 1 saturated carbocycles. The van der Waals surface area contributed by atoms with Gasteiger partial charge in [0.1, 0.15) is 5.88 Å². The van der Waals surface area contributed by atoms with Crippen molar-refractivity contribution >= 4 is 27.3 Å². The number of sulfone groups is 1. The van der Waals surface area contributed by atoms with Crippen LogP contribution in [0, 0.1) is 0 Å². The maximum Gasteiger partial charge on any atom is 0.237 e. The second-order valence-corrected chi connectivity index (χ2v) is 6.89. The van der Waals surface area contributed by atoms with Gasteiger partial charge >= 0.3 is 0 Å². The minimum atomic E-state index is -3.10. The lowest BCUT2D eigenvalue weighted by molar-refractivity contribution is -0.129. The second-order valence-electron chi connectivity index (χ2n) is 4.36. The molecule has 94 valence electrons. The number of hydrogen-bond donors (Lipinski definition) is 0. The van der Waals surface area contributed by atoms with E-state index in [1.165, 1.54) is 11.2 Å². The maximum atomic E-state index is 11.6. The number of halogens is 1. The van der Waals surface area contributed by atoms with Crippen LogP contribution in [0.15, 0.2) is 0 Å². The van der Waals surface area contributed by atoms with Crippen LogP contribution in [0.1, 0.15) is 25.7 Å². The molecule has 0 saturated heterocycles. The first-order chi connectivity index (χ1) is 7.38. The van der Waals surface area contributed by atoms with E-state index in [0.29, 0.717) is 6.42 Å². The lowest BCUT2D eigenvalue weighted by atomic mass is 9.94. The van der Waals surface area contributed by atoms with Crippen LogP contribution >= 0.6 is 11.6 Å². The Morgan fingerprint density at radius 2 is 1.94 bits per heavy atom. The van der Waals surface area contributed by atoms with Crippen LogP contribution in [0.25, 0.3) is 0 Å².